The molecule has 0 N–H and O–H groups in total. The van der Waals surface area contributed by atoms with Crippen LogP contribution in [0.2, 0.25) is 0 Å². The number of hydrogen-bond donors (Lipinski definition) is 0. The van der Waals surface area contributed by atoms with E-state index in [0.29, 0.717) is 38.3 Å². The molecule has 0 aromatic heterocycles. The predicted molar refractivity (Wildman–Crippen MR) is 87.2 cm³/mol. The fourth-order valence-electron chi connectivity index (χ4n) is 2.80. The number of esters is 1. The first-order chi connectivity index (χ1) is 11.0. The highest BCUT2D eigenvalue weighted by atomic mass is 16.5. The van der Waals surface area contributed by atoms with Gasteiger partial charge in [0, 0.05) is 13.1 Å². The average Bonchev–Trinajstić information content (AvgIpc) is 2.54. The fourth-order valence-corrected chi connectivity index (χ4v) is 2.80. The number of amides is 1. The van der Waals surface area contributed by atoms with Crippen molar-refractivity contribution in [2.45, 2.75) is 39.7 Å². The molecule has 0 spiro atoms. The number of likely N-dealkylation sites (tertiary alicyclic amines) is 1. The highest BCUT2D eigenvalue weighted by Gasteiger charge is 2.30. The Hall–Kier alpha value is -2.04. The molecular weight excluding hydrogens is 294 g/mol. The topological polar surface area (TPSA) is 55.8 Å². The van der Waals surface area contributed by atoms with E-state index in [9.17, 15) is 9.59 Å². The predicted octanol–water partition coefficient (Wildman–Crippen LogP) is 2.56. The van der Waals surface area contributed by atoms with Gasteiger partial charge in [0.2, 0.25) is 0 Å². The van der Waals surface area contributed by atoms with Gasteiger partial charge in [-0.3, -0.25) is 9.59 Å². The zero-order valence-electron chi connectivity index (χ0n) is 14.1. The van der Waals surface area contributed by atoms with Crippen molar-refractivity contribution in [3.63, 3.8) is 0 Å². The van der Waals surface area contributed by atoms with Crippen LogP contribution in [0.15, 0.2) is 24.3 Å². The van der Waals surface area contributed by atoms with E-state index in [2.05, 4.69) is 0 Å². The number of ether oxygens (including phenoxy) is 2. The van der Waals surface area contributed by atoms with Gasteiger partial charge < -0.3 is 14.4 Å². The lowest BCUT2D eigenvalue weighted by Crippen LogP contribution is -2.45. The highest BCUT2D eigenvalue weighted by Crippen LogP contribution is 2.21. The second kappa shape index (κ2) is 7.99. The van der Waals surface area contributed by atoms with Crippen molar-refractivity contribution < 1.29 is 19.1 Å². The van der Waals surface area contributed by atoms with Gasteiger partial charge in [-0.25, -0.2) is 0 Å². The molecule has 0 aliphatic carbocycles. The second-order valence-electron chi connectivity index (χ2n) is 5.93. The summed E-state index contributed by atoms with van der Waals surface area (Å²) in [6, 6.07) is 7.66. The Kier molecular flexibility index (Phi) is 6.02. The summed E-state index contributed by atoms with van der Waals surface area (Å²) < 4.78 is 10.8. The van der Waals surface area contributed by atoms with Crippen LogP contribution in [0, 0.1) is 12.8 Å². The summed E-state index contributed by atoms with van der Waals surface area (Å²) in [6.07, 6.45) is 0.777. The second-order valence-corrected chi connectivity index (χ2v) is 5.93. The lowest BCUT2D eigenvalue weighted by Gasteiger charge is -2.32. The van der Waals surface area contributed by atoms with Crippen molar-refractivity contribution >= 4 is 11.9 Å². The van der Waals surface area contributed by atoms with Crippen molar-refractivity contribution in [3.05, 3.63) is 29.8 Å². The van der Waals surface area contributed by atoms with Gasteiger partial charge in [0.25, 0.3) is 5.91 Å². The Morgan fingerprint density at radius 3 is 2.61 bits per heavy atom. The van der Waals surface area contributed by atoms with Crippen LogP contribution in [-0.2, 0) is 14.3 Å². The SMILES string of the molecule is CCOC(=O)C1CCN(C(=O)[C@H](C)Oc2cccc(C)c2)CC1. The van der Waals surface area contributed by atoms with E-state index in [1.807, 2.05) is 31.2 Å². The summed E-state index contributed by atoms with van der Waals surface area (Å²) in [7, 11) is 0. The quantitative estimate of drug-likeness (QED) is 0.783. The number of hydrogen-bond acceptors (Lipinski definition) is 4. The number of nitrogens with zero attached hydrogens (tertiary/aromatic N) is 1. The molecule has 1 fully saturated rings. The number of aryl methyl sites for hydroxylation is 1. The lowest BCUT2D eigenvalue weighted by atomic mass is 9.97. The molecule has 1 amide bonds. The van der Waals surface area contributed by atoms with Crippen molar-refractivity contribution in [1.82, 2.24) is 4.90 Å². The summed E-state index contributed by atoms with van der Waals surface area (Å²) in [6.45, 7) is 7.11. The monoisotopic (exact) mass is 319 g/mol. The molecule has 5 heteroatoms. The van der Waals surface area contributed by atoms with E-state index in [1.165, 1.54) is 0 Å². The number of carbonyl (C=O) groups is 2. The Morgan fingerprint density at radius 2 is 2.00 bits per heavy atom. The largest absolute Gasteiger partial charge is 0.481 e. The summed E-state index contributed by atoms with van der Waals surface area (Å²) in [5.41, 5.74) is 1.09. The maximum Gasteiger partial charge on any atom is 0.309 e. The minimum absolute atomic E-state index is 0.0335. The van der Waals surface area contributed by atoms with E-state index < -0.39 is 6.10 Å². The molecule has 1 saturated heterocycles. The van der Waals surface area contributed by atoms with Crippen molar-refractivity contribution in [3.8, 4) is 5.75 Å². The standard InChI is InChI=1S/C18H25NO4/c1-4-22-18(21)15-8-10-19(11-9-15)17(20)14(3)23-16-7-5-6-13(2)12-16/h5-7,12,14-15H,4,8-11H2,1-3H3/t14-/m0/s1. The summed E-state index contributed by atoms with van der Waals surface area (Å²) in [5, 5.41) is 0. The molecule has 1 aliphatic heterocycles. The van der Waals surface area contributed by atoms with Crippen LogP contribution in [0.4, 0.5) is 0 Å². The van der Waals surface area contributed by atoms with Gasteiger partial charge in [0.15, 0.2) is 6.10 Å². The molecule has 23 heavy (non-hydrogen) atoms. The lowest BCUT2D eigenvalue weighted by molar-refractivity contribution is -0.152. The third kappa shape index (κ3) is 4.71. The van der Waals surface area contributed by atoms with E-state index in [0.717, 1.165) is 5.56 Å². The fraction of sp³-hybridized carbons (Fsp3) is 0.556. The molecule has 1 aromatic rings. The molecule has 1 aromatic carbocycles. The Bertz CT molecular complexity index is 550. The number of piperidine rings is 1. The third-order valence-electron chi connectivity index (χ3n) is 4.08. The molecule has 1 atom stereocenters. The summed E-state index contributed by atoms with van der Waals surface area (Å²) in [5.74, 6) is 0.428. The summed E-state index contributed by atoms with van der Waals surface area (Å²) >= 11 is 0. The zero-order valence-corrected chi connectivity index (χ0v) is 14.1. The van der Waals surface area contributed by atoms with E-state index in [-0.39, 0.29) is 17.8 Å². The molecular formula is C18H25NO4. The highest BCUT2D eigenvalue weighted by molar-refractivity contribution is 5.81. The first-order valence-electron chi connectivity index (χ1n) is 8.20. The van der Waals surface area contributed by atoms with Gasteiger partial charge >= 0.3 is 5.97 Å². The Morgan fingerprint density at radius 1 is 1.30 bits per heavy atom. The molecule has 0 unspecified atom stereocenters. The summed E-state index contributed by atoms with van der Waals surface area (Å²) in [4.78, 5) is 26.0. The molecule has 0 radical (unpaired) electrons. The van der Waals surface area contributed by atoms with Gasteiger partial charge in [0.05, 0.1) is 12.5 Å². The molecule has 1 heterocycles. The van der Waals surface area contributed by atoms with Gasteiger partial charge in [-0.15, -0.1) is 0 Å². The Balaban J connectivity index is 1.85. The van der Waals surface area contributed by atoms with E-state index >= 15 is 0 Å². The maximum atomic E-state index is 12.5. The smallest absolute Gasteiger partial charge is 0.309 e. The van der Waals surface area contributed by atoms with Gasteiger partial charge in [0.1, 0.15) is 5.75 Å². The normalized spacial score (nSPS) is 16.7. The van der Waals surface area contributed by atoms with E-state index in [4.69, 9.17) is 9.47 Å². The van der Waals surface area contributed by atoms with Gasteiger partial charge in [-0.2, -0.15) is 0 Å². The van der Waals surface area contributed by atoms with Crippen LogP contribution >= 0.6 is 0 Å². The van der Waals surface area contributed by atoms with Gasteiger partial charge in [-0.1, -0.05) is 12.1 Å². The molecule has 5 nitrogen and oxygen atoms in total. The molecule has 0 bridgehead atoms. The first kappa shape index (κ1) is 17.3. The maximum absolute atomic E-state index is 12.5. The van der Waals surface area contributed by atoms with Crippen LogP contribution in [0.5, 0.6) is 5.75 Å². The minimum Gasteiger partial charge on any atom is -0.481 e. The van der Waals surface area contributed by atoms with Crippen molar-refractivity contribution in [2.24, 2.45) is 5.92 Å². The average molecular weight is 319 g/mol. The molecule has 2 rings (SSSR count). The van der Waals surface area contributed by atoms with Crippen LogP contribution in [0.25, 0.3) is 0 Å². The van der Waals surface area contributed by atoms with Crippen LogP contribution < -0.4 is 4.74 Å². The number of carbonyl (C=O) groups excluding carboxylic acids is 2. The van der Waals surface area contributed by atoms with Crippen molar-refractivity contribution in [2.75, 3.05) is 19.7 Å². The molecule has 1 aliphatic rings. The number of rotatable bonds is 5. The van der Waals surface area contributed by atoms with Crippen LogP contribution in [0.3, 0.4) is 0 Å². The molecule has 0 saturated carbocycles. The van der Waals surface area contributed by atoms with E-state index in [1.54, 1.807) is 18.7 Å². The van der Waals surface area contributed by atoms with Crippen molar-refractivity contribution in [1.29, 1.82) is 0 Å². The zero-order chi connectivity index (χ0) is 16.8. The van der Waals surface area contributed by atoms with Crippen LogP contribution in [-0.4, -0.2) is 42.6 Å². The first-order valence-corrected chi connectivity index (χ1v) is 8.20. The Labute approximate surface area is 137 Å². The third-order valence-corrected chi connectivity index (χ3v) is 4.08. The van der Waals surface area contributed by atoms with Gasteiger partial charge in [-0.05, 0) is 51.3 Å². The minimum atomic E-state index is -0.532. The number of benzene rings is 1. The molecule has 126 valence electrons. The van der Waals surface area contributed by atoms with Crippen LogP contribution in [0.1, 0.15) is 32.3 Å².